The van der Waals surface area contributed by atoms with Crippen LogP contribution in [0.15, 0.2) is 0 Å². The van der Waals surface area contributed by atoms with Crippen LogP contribution in [0.4, 0.5) is 0 Å². The fourth-order valence-electron chi connectivity index (χ4n) is 0.886. The van der Waals surface area contributed by atoms with Crippen molar-refractivity contribution in [3.05, 3.63) is 0 Å². The molecular formula is C6H14O8P2. The van der Waals surface area contributed by atoms with Crippen LogP contribution < -0.4 is 0 Å². The van der Waals surface area contributed by atoms with Gasteiger partial charge in [-0.25, -0.2) is 0 Å². The molecule has 0 amide bonds. The van der Waals surface area contributed by atoms with Crippen LogP contribution in [0.1, 0.15) is 13.8 Å². The monoisotopic (exact) mass is 276 g/mol. The van der Waals surface area contributed by atoms with E-state index in [4.69, 9.17) is 0 Å². The summed E-state index contributed by atoms with van der Waals surface area (Å²) in [4.78, 5) is 29.6. The van der Waals surface area contributed by atoms with Crippen LogP contribution in [0.2, 0.25) is 0 Å². The SMILES string of the molecule is COP(=O)(O)C(C)(OC(C)=O)P(=O)(O)OC. The van der Waals surface area contributed by atoms with Gasteiger partial charge in [-0.05, 0) is 6.92 Å². The largest absolute Gasteiger partial charge is 0.433 e. The average Bonchev–Trinajstić information content (AvgIpc) is 2.16. The minimum Gasteiger partial charge on any atom is -0.433 e. The normalized spacial score (nSPS) is 22.6. The van der Waals surface area contributed by atoms with Gasteiger partial charge in [0.1, 0.15) is 0 Å². The van der Waals surface area contributed by atoms with Crippen LogP contribution in [0.3, 0.4) is 0 Å². The van der Waals surface area contributed by atoms with Gasteiger partial charge in [-0.15, -0.1) is 0 Å². The molecule has 0 aliphatic carbocycles. The summed E-state index contributed by atoms with van der Waals surface area (Å²) in [7, 11) is -7.65. The van der Waals surface area contributed by atoms with Gasteiger partial charge in [-0.2, -0.15) is 0 Å². The first kappa shape index (κ1) is 15.8. The molecule has 8 nitrogen and oxygen atoms in total. The lowest BCUT2D eigenvalue weighted by Gasteiger charge is -2.33. The molecule has 2 unspecified atom stereocenters. The van der Waals surface area contributed by atoms with Crippen molar-refractivity contribution in [2.24, 2.45) is 0 Å². The summed E-state index contributed by atoms with van der Waals surface area (Å²) in [6, 6.07) is 0. The van der Waals surface area contributed by atoms with Crippen LogP contribution >= 0.6 is 15.2 Å². The van der Waals surface area contributed by atoms with Crippen molar-refractivity contribution in [1.82, 2.24) is 0 Å². The summed E-state index contributed by atoms with van der Waals surface area (Å²) in [5, 5.41) is -2.66. The van der Waals surface area contributed by atoms with E-state index in [1.165, 1.54) is 0 Å². The molecular weight excluding hydrogens is 262 g/mol. The number of rotatable bonds is 5. The quantitative estimate of drug-likeness (QED) is 0.561. The lowest BCUT2D eigenvalue weighted by molar-refractivity contribution is -0.146. The highest BCUT2D eigenvalue weighted by Crippen LogP contribution is 2.73. The van der Waals surface area contributed by atoms with E-state index in [0.29, 0.717) is 0 Å². The lowest BCUT2D eigenvalue weighted by atomic mass is 10.7. The maximum atomic E-state index is 11.6. The molecule has 0 aromatic rings. The molecule has 0 aromatic heterocycles. The van der Waals surface area contributed by atoms with E-state index < -0.39 is 26.2 Å². The fourth-order valence-corrected chi connectivity index (χ4v) is 3.82. The third kappa shape index (κ3) is 2.71. The molecule has 0 fully saturated rings. The predicted octanol–water partition coefficient (Wildman–Crippen LogP) is 0.887. The highest BCUT2D eigenvalue weighted by molar-refractivity contribution is 7.73. The van der Waals surface area contributed by atoms with E-state index in [9.17, 15) is 23.7 Å². The van der Waals surface area contributed by atoms with Gasteiger partial charge < -0.3 is 23.6 Å². The van der Waals surface area contributed by atoms with Crippen molar-refractivity contribution in [3.63, 3.8) is 0 Å². The minimum atomic E-state index is -4.67. The smallest absolute Gasteiger partial charge is 0.383 e. The first-order valence-electron chi connectivity index (χ1n) is 4.01. The number of esters is 1. The van der Waals surface area contributed by atoms with Gasteiger partial charge in [-0.1, -0.05) is 0 Å². The van der Waals surface area contributed by atoms with Gasteiger partial charge >= 0.3 is 26.2 Å². The maximum Gasteiger partial charge on any atom is 0.383 e. The molecule has 0 saturated carbocycles. The van der Waals surface area contributed by atoms with Crippen molar-refractivity contribution in [1.29, 1.82) is 0 Å². The molecule has 0 aliphatic heterocycles. The molecule has 2 N–H and O–H groups in total. The van der Waals surface area contributed by atoms with Gasteiger partial charge in [0.2, 0.25) is 0 Å². The average molecular weight is 276 g/mol. The molecule has 0 spiro atoms. The third-order valence-corrected chi connectivity index (χ3v) is 6.67. The molecule has 0 aromatic carbocycles. The van der Waals surface area contributed by atoms with Crippen LogP contribution in [0.25, 0.3) is 0 Å². The molecule has 0 rings (SSSR count). The zero-order valence-electron chi connectivity index (χ0n) is 9.24. The number of carbonyl (C=O) groups is 1. The summed E-state index contributed by atoms with van der Waals surface area (Å²) in [6.45, 7) is 1.71. The van der Waals surface area contributed by atoms with Crippen molar-refractivity contribution < 1.29 is 37.5 Å². The summed E-state index contributed by atoms with van der Waals surface area (Å²) >= 11 is 0. The molecule has 0 saturated heterocycles. The second kappa shape index (κ2) is 4.96. The van der Waals surface area contributed by atoms with E-state index in [1.807, 2.05) is 0 Å². The summed E-state index contributed by atoms with van der Waals surface area (Å²) < 4.78 is 36.0. The summed E-state index contributed by atoms with van der Waals surface area (Å²) in [6.07, 6.45) is 0. The van der Waals surface area contributed by atoms with Crippen molar-refractivity contribution >= 4 is 21.2 Å². The molecule has 10 heteroatoms. The Bertz CT molecular complexity index is 340. The number of hydrogen-bond acceptors (Lipinski definition) is 6. The zero-order chi connectivity index (χ0) is 13.2. The molecule has 16 heavy (non-hydrogen) atoms. The molecule has 0 bridgehead atoms. The Morgan fingerprint density at radius 2 is 1.44 bits per heavy atom. The van der Waals surface area contributed by atoms with E-state index in [-0.39, 0.29) is 0 Å². The van der Waals surface area contributed by atoms with Crippen LogP contribution in [-0.4, -0.2) is 35.1 Å². The first-order chi connectivity index (χ1) is 7.04. The molecule has 0 aliphatic rings. The Kier molecular flexibility index (Phi) is 4.89. The Morgan fingerprint density at radius 1 is 1.12 bits per heavy atom. The second-order valence-corrected chi connectivity index (χ2v) is 7.81. The van der Waals surface area contributed by atoms with E-state index in [2.05, 4.69) is 13.8 Å². The highest BCUT2D eigenvalue weighted by atomic mass is 31.2. The lowest BCUT2D eigenvalue weighted by Crippen LogP contribution is -2.32. The first-order valence-corrected chi connectivity index (χ1v) is 7.16. The zero-order valence-corrected chi connectivity index (χ0v) is 11.0. The number of ether oxygens (including phenoxy) is 1. The number of carbonyl (C=O) groups excluding carboxylic acids is 1. The minimum absolute atomic E-state index is 0.795. The molecule has 0 radical (unpaired) electrons. The van der Waals surface area contributed by atoms with Crippen LogP contribution in [0, 0.1) is 0 Å². The van der Waals surface area contributed by atoms with Crippen molar-refractivity contribution in [2.45, 2.75) is 18.9 Å². The van der Waals surface area contributed by atoms with Crippen LogP contribution in [0.5, 0.6) is 0 Å². The predicted molar refractivity (Wildman–Crippen MR) is 53.8 cm³/mol. The Balaban J connectivity index is 5.64. The fraction of sp³-hybridized carbons (Fsp3) is 0.833. The van der Waals surface area contributed by atoms with Gasteiger partial charge in [0.15, 0.2) is 0 Å². The highest BCUT2D eigenvalue weighted by Gasteiger charge is 2.62. The van der Waals surface area contributed by atoms with Gasteiger partial charge in [0, 0.05) is 21.1 Å². The van der Waals surface area contributed by atoms with Gasteiger partial charge in [0.05, 0.1) is 0 Å². The van der Waals surface area contributed by atoms with Crippen LogP contribution in [-0.2, 0) is 27.7 Å². The molecule has 96 valence electrons. The Morgan fingerprint density at radius 3 is 1.62 bits per heavy atom. The number of hydrogen-bond donors (Lipinski definition) is 2. The van der Waals surface area contributed by atoms with Crippen molar-refractivity contribution in [3.8, 4) is 0 Å². The van der Waals surface area contributed by atoms with Gasteiger partial charge in [0.25, 0.3) is 0 Å². The summed E-state index contributed by atoms with van der Waals surface area (Å²) in [5.41, 5.74) is 0. The van der Waals surface area contributed by atoms with Crippen molar-refractivity contribution in [2.75, 3.05) is 14.2 Å². The van der Waals surface area contributed by atoms with E-state index in [1.54, 1.807) is 0 Å². The molecule has 2 atom stereocenters. The van der Waals surface area contributed by atoms with Gasteiger partial charge in [-0.3, -0.25) is 13.9 Å². The van der Waals surface area contributed by atoms with E-state index in [0.717, 1.165) is 28.1 Å². The molecule has 0 heterocycles. The Labute approximate surface area is 92.6 Å². The maximum absolute atomic E-state index is 11.6. The summed E-state index contributed by atoms with van der Waals surface area (Å²) in [5.74, 6) is -1.01. The Hall–Kier alpha value is -0.230. The topological polar surface area (TPSA) is 119 Å². The van der Waals surface area contributed by atoms with E-state index >= 15 is 0 Å². The standard InChI is InChI=1S/C6H14O8P2/c1-5(7)14-6(2,15(8,9)12-3)16(10,11)13-4/h1-4H3,(H,8,9)(H,10,11). The second-order valence-electron chi connectivity index (χ2n) is 2.93. The third-order valence-electron chi connectivity index (χ3n) is 1.88.